The minimum atomic E-state index is -0.0297. The highest BCUT2D eigenvalue weighted by atomic mass is 16.5. The molecule has 7 heteroatoms. The first kappa shape index (κ1) is 18.2. The Morgan fingerprint density at radius 3 is 2.75 bits per heavy atom. The van der Waals surface area contributed by atoms with Gasteiger partial charge in [-0.1, -0.05) is 24.3 Å². The van der Waals surface area contributed by atoms with Crippen LogP contribution in [0.3, 0.4) is 0 Å². The molecule has 0 atom stereocenters. The number of rotatable bonds is 3. The Labute approximate surface area is 164 Å². The summed E-state index contributed by atoms with van der Waals surface area (Å²) in [6, 6.07) is 13.7. The number of amides is 1. The molecule has 0 saturated carbocycles. The lowest BCUT2D eigenvalue weighted by atomic mass is 10.00. The van der Waals surface area contributed by atoms with Crippen molar-refractivity contribution in [3.63, 3.8) is 0 Å². The molecule has 0 aliphatic carbocycles. The number of fused-ring (bicyclic) bond motifs is 2. The Morgan fingerprint density at radius 1 is 1.11 bits per heavy atom. The highest BCUT2D eigenvalue weighted by Crippen LogP contribution is 2.32. The Bertz CT molecular complexity index is 897. The van der Waals surface area contributed by atoms with E-state index in [-0.39, 0.29) is 18.4 Å². The zero-order chi connectivity index (χ0) is 19.3. The van der Waals surface area contributed by atoms with Gasteiger partial charge in [-0.3, -0.25) is 4.79 Å². The number of ether oxygens (including phenoxy) is 2. The van der Waals surface area contributed by atoms with Gasteiger partial charge < -0.3 is 25.4 Å². The molecule has 0 bridgehead atoms. The summed E-state index contributed by atoms with van der Waals surface area (Å²) in [6.07, 6.45) is 1.72. The van der Waals surface area contributed by atoms with Gasteiger partial charge in [0, 0.05) is 31.3 Å². The van der Waals surface area contributed by atoms with Gasteiger partial charge >= 0.3 is 0 Å². The number of nitrogens with zero attached hydrogens (tertiary/aromatic N) is 2. The van der Waals surface area contributed by atoms with Crippen molar-refractivity contribution < 1.29 is 14.3 Å². The quantitative estimate of drug-likeness (QED) is 0.629. The molecule has 0 unspecified atom stereocenters. The van der Waals surface area contributed by atoms with Crippen LogP contribution in [0.2, 0.25) is 0 Å². The lowest BCUT2D eigenvalue weighted by Crippen LogP contribution is -2.38. The van der Waals surface area contributed by atoms with Crippen LogP contribution in [0.4, 0.5) is 5.69 Å². The first-order valence-corrected chi connectivity index (χ1v) is 9.50. The van der Waals surface area contributed by atoms with Gasteiger partial charge in [-0.2, -0.15) is 0 Å². The predicted octanol–water partition coefficient (Wildman–Crippen LogP) is 2.16. The Morgan fingerprint density at radius 2 is 1.89 bits per heavy atom. The van der Waals surface area contributed by atoms with Gasteiger partial charge in [-0.15, -0.1) is 0 Å². The van der Waals surface area contributed by atoms with Gasteiger partial charge in [0.25, 0.3) is 0 Å². The minimum absolute atomic E-state index is 0.0194. The normalized spacial score (nSPS) is 16.1. The second kappa shape index (κ2) is 8.21. The molecule has 4 rings (SSSR count). The highest BCUT2D eigenvalue weighted by Gasteiger charge is 2.20. The average molecular weight is 380 g/mol. The number of carbonyl (C=O) groups excluding carboxylic acids is 1. The number of aliphatic imine (C=N–C) groups is 1. The molecule has 0 radical (unpaired) electrons. The molecule has 0 aromatic heterocycles. The van der Waals surface area contributed by atoms with Crippen molar-refractivity contribution in [3.05, 3.63) is 53.6 Å². The summed E-state index contributed by atoms with van der Waals surface area (Å²) in [4.78, 5) is 18.5. The maximum atomic E-state index is 12.5. The average Bonchev–Trinajstić information content (AvgIpc) is 2.96. The monoisotopic (exact) mass is 380 g/mol. The predicted molar refractivity (Wildman–Crippen MR) is 108 cm³/mol. The van der Waals surface area contributed by atoms with E-state index >= 15 is 0 Å². The van der Waals surface area contributed by atoms with Crippen molar-refractivity contribution in [1.82, 2.24) is 4.90 Å². The molecular weight excluding hydrogens is 356 g/mol. The van der Waals surface area contributed by atoms with Crippen LogP contribution in [0, 0.1) is 0 Å². The van der Waals surface area contributed by atoms with Crippen molar-refractivity contribution in [2.24, 2.45) is 10.7 Å². The van der Waals surface area contributed by atoms with E-state index in [1.54, 1.807) is 0 Å². The Hall–Kier alpha value is -3.22. The van der Waals surface area contributed by atoms with Gasteiger partial charge in [0.2, 0.25) is 5.91 Å². The second-order valence-electron chi connectivity index (χ2n) is 6.87. The lowest BCUT2D eigenvalue weighted by molar-refractivity contribution is -0.130. The largest absolute Gasteiger partial charge is 0.490 e. The summed E-state index contributed by atoms with van der Waals surface area (Å²) in [5.41, 5.74) is 9.21. The van der Waals surface area contributed by atoms with Crippen molar-refractivity contribution in [2.75, 3.05) is 31.6 Å². The molecule has 1 amide bonds. The maximum Gasteiger partial charge on any atom is 0.244 e. The third kappa shape index (κ3) is 4.19. The van der Waals surface area contributed by atoms with Gasteiger partial charge in [0.05, 0.1) is 13.2 Å². The van der Waals surface area contributed by atoms with Crippen LogP contribution in [0.1, 0.15) is 17.5 Å². The number of carbonyl (C=O) groups is 1. The van der Waals surface area contributed by atoms with Crippen LogP contribution in [0.15, 0.2) is 47.5 Å². The molecule has 0 fully saturated rings. The van der Waals surface area contributed by atoms with E-state index in [1.807, 2.05) is 35.2 Å². The van der Waals surface area contributed by atoms with E-state index in [2.05, 4.69) is 22.4 Å². The maximum absolute atomic E-state index is 12.5. The van der Waals surface area contributed by atoms with Crippen LogP contribution >= 0.6 is 0 Å². The van der Waals surface area contributed by atoms with Crippen LogP contribution in [0.25, 0.3) is 0 Å². The third-order valence-electron chi connectivity index (χ3n) is 4.89. The van der Waals surface area contributed by atoms with Gasteiger partial charge in [-0.05, 0) is 29.7 Å². The first-order chi connectivity index (χ1) is 13.7. The number of hydrogen-bond acceptors (Lipinski definition) is 4. The number of guanidine groups is 1. The van der Waals surface area contributed by atoms with E-state index < -0.39 is 0 Å². The Balaban J connectivity index is 1.35. The highest BCUT2D eigenvalue weighted by molar-refractivity contribution is 5.94. The molecule has 2 aliphatic heterocycles. The fourth-order valence-electron chi connectivity index (χ4n) is 3.39. The minimum Gasteiger partial charge on any atom is -0.490 e. The summed E-state index contributed by atoms with van der Waals surface area (Å²) in [5.74, 6) is 1.57. The van der Waals surface area contributed by atoms with Crippen LogP contribution in [-0.2, 0) is 17.8 Å². The second-order valence-corrected chi connectivity index (χ2v) is 6.87. The van der Waals surface area contributed by atoms with E-state index in [0.29, 0.717) is 32.1 Å². The molecule has 146 valence electrons. The molecule has 2 aromatic rings. The zero-order valence-electron chi connectivity index (χ0n) is 15.7. The molecule has 0 saturated heterocycles. The topological polar surface area (TPSA) is 89.2 Å². The van der Waals surface area contributed by atoms with E-state index in [1.165, 1.54) is 11.1 Å². The first-order valence-electron chi connectivity index (χ1n) is 9.50. The fraction of sp³-hybridized carbons (Fsp3) is 0.333. The summed E-state index contributed by atoms with van der Waals surface area (Å²) < 4.78 is 11.3. The van der Waals surface area contributed by atoms with Crippen LogP contribution in [0.5, 0.6) is 11.5 Å². The number of nitrogens with one attached hydrogen (secondary N) is 1. The van der Waals surface area contributed by atoms with Gasteiger partial charge in [0.1, 0.15) is 6.54 Å². The van der Waals surface area contributed by atoms with E-state index in [4.69, 9.17) is 15.2 Å². The van der Waals surface area contributed by atoms with Crippen molar-refractivity contribution in [1.29, 1.82) is 0 Å². The molecule has 2 aromatic carbocycles. The molecule has 2 aliphatic rings. The summed E-state index contributed by atoms with van der Waals surface area (Å²) >= 11 is 0. The number of nitrogens with two attached hydrogens (primary N) is 1. The molecule has 7 nitrogen and oxygen atoms in total. The SMILES string of the molecule is NC(=NCC(=O)N1CCc2ccccc2C1)Nc1ccc2c(c1)OCCCO2. The zero-order valence-corrected chi connectivity index (χ0v) is 15.7. The Kier molecular flexibility index (Phi) is 5.32. The molecular formula is C21H24N4O3. The van der Waals surface area contributed by atoms with Crippen molar-refractivity contribution in [2.45, 2.75) is 19.4 Å². The lowest BCUT2D eigenvalue weighted by Gasteiger charge is -2.28. The summed E-state index contributed by atoms with van der Waals surface area (Å²) in [5, 5.41) is 3.01. The van der Waals surface area contributed by atoms with Gasteiger partial charge in [0.15, 0.2) is 17.5 Å². The molecule has 28 heavy (non-hydrogen) atoms. The molecule has 0 spiro atoms. The van der Waals surface area contributed by atoms with Crippen molar-refractivity contribution in [3.8, 4) is 11.5 Å². The van der Waals surface area contributed by atoms with Gasteiger partial charge in [-0.25, -0.2) is 4.99 Å². The summed E-state index contributed by atoms with van der Waals surface area (Å²) in [7, 11) is 0. The summed E-state index contributed by atoms with van der Waals surface area (Å²) in [6.45, 7) is 2.62. The van der Waals surface area contributed by atoms with Crippen molar-refractivity contribution >= 4 is 17.6 Å². The molecule has 2 heterocycles. The van der Waals surface area contributed by atoms with E-state index in [9.17, 15) is 4.79 Å². The van der Waals surface area contributed by atoms with Crippen LogP contribution < -0.4 is 20.5 Å². The number of benzene rings is 2. The van der Waals surface area contributed by atoms with E-state index in [0.717, 1.165) is 24.3 Å². The third-order valence-corrected chi connectivity index (χ3v) is 4.89. The fourth-order valence-corrected chi connectivity index (χ4v) is 3.39. The standard InChI is InChI=1S/C21H24N4O3/c22-21(24-17-6-7-18-19(12-17)28-11-3-10-27-18)23-13-20(26)25-9-8-15-4-1-2-5-16(15)14-25/h1-2,4-7,12H,3,8-11,13-14H2,(H3,22,23,24). The number of anilines is 1. The number of hydrogen-bond donors (Lipinski definition) is 2. The van der Waals surface area contributed by atoms with Crippen LogP contribution in [-0.4, -0.2) is 43.1 Å². The molecule has 3 N–H and O–H groups in total. The smallest absolute Gasteiger partial charge is 0.244 e.